The third-order valence-corrected chi connectivity index (χ3v) is 1.72. The van der Waals surface area contributed by atoms with Gasteiger partial charge >= 0.3 is 0 Å². The molecule has 0 fully saturated rings. The fraction of sp³-hybridized carbons (Fsp3) is 0.400. The molecule has 68 valence electrons. The standard InChI is InChI=1S/C7H9NS.C3H8/c1-5-4-6(8)2-3-7(5)9;1-3-2/h2-4,9H,8H2,1H3;3H2,1-2H3. The van der Waals surface area contributed by atoms with Crippen LogP contribution in [0.4, 0.5) is 5.69 Å². The van der Waals surface area contributed by atoms with Crippen LogP contribution in [0.25, 0.3) is 0 Å². The van der Waals surface area contributed by atoms with Crippen LogP contribution in [-0.2, 0) is 0 Å². The first kappa shape index (κ1) is 11.4. The summed E-state index contributed by atoms with van der Waals surface area (Å²) in [4.78, 5) is 0.990. The molecule has 0 aromatic heterocycles. The second-order valence-corrected chi connectivity index (χ2v) is 3.23. The molecule has 0 aliphatic rings. The summed E-state index contributed by atoms with van der Waals surface area (Å²) in [5.74, 6) is 0. The Morgan fingerprint density at radius 3 is 2.17 bits per heavy atom. The Bertz CT molecular complexity index is 233. The number of nitrogen functional groups attached to an aromatic ring is 1. The van der Waals surface area contributed by atoms with Crippen molar-refractivity contribution in [2.45, 2.75) is 32.1 Å². The smallest absolute Gasteiger partial charge is 0.0317 e. The molecule has 0 bridgehead atoms. The maximum Gasteiger partial charge on any atom is 0.0317 e. The molecule has 0 aliphatic heterocycles. The van der Waals surface area contributed by atoms with E-state index in [1.165, 1.54) is 6.42 Å². The topological polar surface area (TPSA) is 26.0 Å². The molecule has 1 rings (SSSR count). The summed E-state index contributed by atoms with van der Waals surface area (Å²) >= 11 is 4.19. The van der Waals surface area contributed by atoms with Crippen molar-refractivity contribution in [1.29, 1.82) is 0 Å². The quantitative estimate of drug-likeness (QED) is 0.468. The van der Waals surface area contributed by atoms with E-state index in [9.17, 15) is 0 Å². The fourth-order valence-corrected chi connectivity index (χ4v) is 0.818. The molecule has 1 aromatic rings. The van der Waals surface area contributed by atoms with Gasteiger partial charge in [-0.2, -0.15) is 0 Å². The minimum absolute atomic E-state index is 0.797. The van der Waals surface area contributed by atoms with Crippen LogP contribution < -0.4 is 5.73 Å². The van der Waals surface area contributed by atoms with Gasteiger partial charge in [0, 0.05) is 10.6 Å². The van der Waals surface area contributed by atoms with Gasteiger partial charge in [-0.25, -0.2) is 0 Å². The zero-order valence-corrected chi connectivity index (χ0v) is 8.86. The van der Waals surface area contributed by atoms with Gasteiger partial charge in [0.2, 0.25) is 0 Å². The number of aryl methyl sites for hydroxylation is 1. The summed E-state index contributed by atoms with van der Waals surface area (Å²) in [5, 5.41) is 0. The van der Waals surface area contributed by atoms with Gasteiger partial charge < -0.3 is 5.73 Å². The molecule has 0 saturated carbocycles. The first-order valence-corrected chi connectivity index (χ1v) is 4.61. The zero-order valence-electron chi connectivity index (χ0n) is 7.96. The maximum atomic E-state index is 5.49. The SMILES string of the molecule is CCC.Cc1cc(N)ccc1S. The molecule has 0 radical (unpaired) electrons. The maximum absolute atomic E-state index is 5.49. The van der Waals surface area contributed by atoms with Crippen molar-refractivity contribution in [2.75, 3.05) is 5.73 Å². The van der Waals surface area contributed by atoms with E-state index in [-0.39, 0.29) is 0 Å². The second-order valence-electron chi connectivity index (χ2n) is 2.75. The molecule has 0 aliphatic carbocycles. The molecule has 12 heavy (non-hydrogen) atoms. The summed E-state index contributed by atoms with van der Waals surface area (Å²) in [5.41, 5.74) is 7.41. The highest BCUT2D eigenvalue weighted by Gasteiger charge is 1.90. The molecule has 0 atom stereocenters. The van der Waals surface area contributed by atoms with E-state index in [0.29, 0.717) is 0 Å². The van der Waals surface area contributed by atoms with Crippen LogP contribution in [0.15, 0.2) is 23.1 Å². The highest BCUT2D eigenvalue weighted by atomic mass is 32.1. The molecular weight excluding hydrogens is 166 g/mol. The lowest BCUT2D eigenvalue weighted by Crippen LogP contribution is -1.84. The van der Waals surface area contributed by atoms with Crippen molar-refractivity contribution in [1.82, 2.24) is 0 Å². The first-order chi connectivity index (χ1) is 5.61. The predicted molar refractivity (Wildman–Crippen MR) is 58.8 cm³/mol. The predicted octanol–water partition coefficient (Wildman–Crippen LogP) is 3.28. The molecular formula is C10H17NS. The lowest BCUT2D eigenvalue weighted by molar-refractivity contribution is 1.09. The van der Waals surface area contributed by atoms with Gasteiger partial charge in [0.25, 0.3) is 0 Å². The lowest BCUT2D eigenvalue weighted by atomic mass is 10.2. The molecule has 0 saturated heterocycles. The van der Waals surface area contributed by atoms with Gasteiger partial charge in [0.15, 0.2) is 0 Å². The van der Waals surface area contributed by atoms with Crippen molar-refractivity contribution in [3.63, 3.8) is 0 Å². The molecule has 0 heterocycles. The Balaban J connectivity index is 0.000000354. The van der Waals surface area contributed by atoms with Crippen LogP contribution >= 0.6 is 12.6 Å². The largest absolute Gasteiger partial charge is 0.399 e. The number of thiol groups is 1. The third kappa shape index (κ3) is 4.29. The van der Waals surface area contributed by atoms with Crippen molar-refractivity contribution < 1.29 is 0 Å². The summed E-state index contributed by atoms with van der Waals surface area (Å²) in [6, 6.07) is 5.64. The summed E-state index contributed by atoms with van der Waals surface area (Å²) < 4.78 is 0. The van der Waals surface area contributed by atoms with Crippen molar-refractivity contribution in [3.8, 4) is 0 Å². The molecule has 1 aromatic carbocycles. The van der Waals surface area contributed by atoms with Crippen molar-refractivity contribution in [3.05, 3.63) is 23.8 Å². The van der Waals surface area contributed by atoms with Crippen LogP contribution in [0.5, 0.6) is 0 Å². The minimum Gasteiger partial charge on any atom is -0.399 e. The Kier molecular flexibility index (Phi) is 5.64. The van der Waals surface area contributed by atoms with Crippen molar-refractivity contribution in [2.24, 2.45) is 0 Å². The lowest BCUT2D eigenvalue weighted by Gasteiger charge is -1.97. The van der Waals surface area contributed by atoms with Gasteiger partial charge in [-0.3, -0.25) is 0 Å². The molecule has 1 nitrogen and oxygen atoms in total. The summed E-state index contributed by atoms with van der Waals surface area (Å²) in [6.45, 7) is 6.23. The van der Waals surface area contributed by atoms with E-state index >= 15 is 0 Å². The van der Waals surface area contributed by atoms with Gasteiger partial charge in [0.1, 0.15) is 0 Å². The van der Waals surface area contributed by atoms with Crippen LogP contribution in [0, 0.1) is 6.92 Å². The Morgan fingerprint density at radius 1 is 1.33 bits per heavy atom. The summed E-state index contributed by atoms with van der Waals surface area (Å²) in [6.07, 6.45) is 1.25. The second kappa shape index (κ2) is 5.95. The Labute approximate surface area is 80.4 Å². The van der Waals surface area contributed by atoms with Crippen LogP contribution in [0.3, 0.4) is 0 Å². The molecule has 0 amide bonds. The molecule has 2 N–H and O–H groups in total. The number of hydrogen-bond acceptors (Lipinski definition) is 2. The Morgan fingerprint density at radius 2 is 1.83 bits per heavy atom. The highest BCUT2D eigenvalue weighted by Crippen LogP contribution is 2.14. The normalized spacial score (nSPS) is 8.67. The zero-order chi connectivity index (χ0) is 9.56. The van der Waals surface area contributed by atoms with Gasteiger partial charge in [-0.1, -0.05) is 20.3 Å². The van der Waals surface area contributed by atoms with Crippen LogP contribution in [0.2, 0.25) is 0 Å². The fourth-order valence-electron chi connectivity index (χ4n) is 0.679. The first-order valence-electron chi connectivity index (χ1n) is 4.16. The van der Waals surface area contributed by atoms with E-state index in [4.69, 9.17) is 5.73 Å². The Hall–Kier alpha value is -0.630. The highest BCUT2D eigenvalue weighted by molar-refractivity contribution is 7.80. The van der Waals surface area contributed by atoms with Crippen LogP contribution in [-0.4, -0.2) is 0 Å². The molecule has 0 spiro atoms. The average molecular weight is 183 g/mol. The third-order valence-electron chi connectivity index (χ3n) is 1.22. The van der Waals surface area contributed by atoms with Gasteiger partial charge in [0.05, 0.1) is 0 Å². The number of hydrogen-bond donors (Lipinski definition) is 2. The van der Waals surface area contributed by atoms with E-state index in [1.807, 2.05) is 25.1 Å². The van der Waals surface area contributed by atoms with Gasteiger partial charge in [-0.15, -0.1) is 12.6 Å². The number of benzene rings is 1. The van der Waals surface area contributed by atoms with Crippen molar-refractivity contribution >= 4 is 18.3 Å². The van der Waals surface area contributed by atoms with E-state index < -0.39 is 0 Å². The number of nitrogens with two attached hydrogens (primary N) is 1. The molecule has 2 heteroatoms. The number of rotatable bonds is 0. The average Bonchev–Trinajstić information content (AvgIpc) is 1.99. The van der Waals surface area contributed by atoms with E-state index in [0.717, 1.165) is 16.1 Å². The summed E-state index contributed by atoms with van der Waals surface area (Å²) in [7, 11) is 0. The number of anilines is 1. The minimum atomic E-state index is 0.797. The molecule has 0 unspecified atom stereocenters. The van der Waals surface area contributed by atoms with E-state index in [1.54, 1.807) is 0 Å². The van der Waals surface area contributed by atoms with Gasteiger partial charge in [-0.05, 0) is 30.7 Å². The van der Waals surface area contributed by atoms with Crippen LogP contribution in [0.1, 0.15) is 25.8 Å². The monoisotopic (exact) mass is 183 g/mol. The van der Waals surface area contributed by atoms with E-state index in [2.05, 4.69) is 26.5 Å².